The highest BCUT2D eigenvalue weighted by atomic mass is 28.3. The Labute approximate surface area is 92.6 Å². The predicted octanol–water partition coefficient (Wildman–Crippen LogP) is 1.10. The summed E-state index contributed by atoms with van der Waals surface area (Å²) in [5.41, 5.74) is 0. The SMILES string of the molecule is C[SiH](C)OC(=O)CCCCOCC1CO1. The quantitative estimate of drug-likeness (QED) is 0.357. The van der Waals surface area contributed by atoms with Crippen molar-refractivity contribution in [1.29, 1.82) is 0 Å². The van der Waals surface area contributed by atoms with Gasteiger partial charge in [-0.15, -0.1) is 0 Å². The van der Waals surface area contributed by atoms with Crippen molar-refractivity contribution < 1.29 is 18.7 Å². The second kappa shape index (κ2) is 6.98. The van der Waals surface area contributed by atoms with Crippen LogP contribution in [0.2, 0.25) is 13.1 Å². The van der Waals surface area contributed by atoms with E-state index in [9.17, 15) is 4.79 Å². The van der Waals surface area contributed by atoms with Gasteiger partial charge in [0.05, 0.1) is 13.2 Å². The van der Waals surface area contributed by atoms with E-state index in [0.717, 1.165) is 19.4 Å². The van der Waals surface area contributed by atoms with Crippen molar-refractivity contribution in [2.45, 2.75) is 38.5 Å². The van der Waals surface area contributed by atoms with Gasteiger partial charge >= 0.3 is 0 Å². The third-order valence-corrected chi connectivity index (χ3v) is 2.73. The average Bonchev–Trinajstić information content (AvgIpc) is 2.93. The Morgan fingerprint density at radius 1 is 1.47 bits per heavy atom. The van der Waals surface area contributed by atoms with Crippen molar-refractivity contribution in [2.75, 3.05) is 19.8 Å². The zero-order valence-corrected chi connectivity index (χ0v) is 10.7. The van der Waals surface area contributed by atoms with E-state index < -0.39 is 9.04 Å². The van der Waals surface area contributed by atoms with Gasteiger partial charge in [-0.25, -0.2) is 0 Å². The van der Waals surface area contributed by atoms with Crippen LogP contribution in [-0.4, -0.2) is 40.9 Å². The maximum atomic E-state index is 11.2. The normalized spacial score (nSPS) is 19.3. The molecule has 1 rings (SSSR count). The van der Waals surface area contributed by atoms with E-state index in [1.54, 1.807) is 0 Å². The molecule has 0 radical (unpaired) electrons. The molecular weight excluding hydrogens is 212 g/mol. The van der Waals surface area contributed by atoms with E-state index in [1.165, 1.54) is 0 Å². The Bertz CT molecular complexity index is 192. The minimum absolute atomic E-state index is 0.0535. The molecule has 15 heavy (non-hydrogen) atoms. The molecule has 1 heterocycles. The van der Waals surface area contributed by atoms with Crippen molar-refractivity contribution in [3.63, 3.8) is 0 Å². The number of epoxide rings is 1. The molecule has 0 aliphatic carbocycles. The molecule has 1 aliphatic heterocycles. The molecule has 0 bridgehead atoms. The summed E-state index contributed by atoms with van der Waals surface area (Å²) in [5, 5.41) is 0. The Kier molecular flexibility index (Phi) is 5.89. The first-order chi connectivity index (χ1) is 7.18. The Balaban J connectivity index is 1.80. The molecule has 5 heteroatoms. The van der Waals surface area contributed by atoms with Crippen molar-refractivity contribution in [3.05, 3.63) is 0 Å². The minimum atomic E-state index is -1.20. The van der Waals surface area contributed by atoms with Gasteiger partial charge in [-0.05, 0) is 25.9 Å². The molecule has 0 spiro atoms. The van der Waals surface area contributed by atoms with Gasteiger partial charge in [-0.3, -0.25) is 4.79 Å². The van der Waals surface area contributed by atoms with Crippen LogP contribution in [0.25, 0.3) is 0 Å². The second-order valence-electron chi connectivity index (χ2n) is 4.03. The molecule has 4 nitrogen and oxygen atoms in total. The topological polar surface area (TPSA) is 48.1 Å². The zero-order chi connectivity index (χ0) is 11.1. The minimum Gasteiger partial charge on any atom is -0.523 e. The number of rotatable bonds is 8. The predicted molar refractivity (Wildman–Crippen MR) is 59.4 cm³/mol. The number of hydrogen-bond donors (Lipinski definition) is 0. The molecule has 0 aromatic rings. The number of carbonyl (C=O) groups is 1. The van der Waals surface area contributed by atoms with Gasteiger partial charge in [0.1, 0.15) is 6.10 Å². The largest absolute Gasteiger partial charge is 0.523 e. The monoisotopic (exact) mass is 232 g/mol. The molecule has 0 aromatic heterocycles. The maximum Gasteiger partial charge on any atom is 0.292 e. The molecule has 0 amide bonds. The van der Waals surface area contributed by atoms with Crippen molar-refractivity contribution in [2.24, 2.45) is 0 Å². The average molecular weight is 232 g/mol. The standard InChI is InChI=1S/C10H20O4Si/c1-15(2)14-10(11)5-3-4-6-12-7-9-8-13-9/h9,15H,3-8H2,1-2H3. The number of unbranched alkanes of at least 4 members (excludes halogenated alkanes) is 1. The highest BCUT2D eigenvalue weighted by molar-refractivity contribution is 6.50. The summed E-state index contributed by atoms with van der Waals surface area (Å²) in [4.78, 5) is 11.2. The smallest absolute Gasteiger partial charge is 0.292 e. The first kappa shape index (κ1) is 12.7. The maximum absolute atomic E-state index is 11.2. The van der Waals surface area contributed by atoms with Crippen molar-refractivity contribution >= 4 is 15.0 Å². The number of ether oxygens (including phenoxy) is 2. The molecule has 1 fully saturated rings. The zero-order valence-electron chi connectivity index (χ0n) is 9.53. The van der Waals surface area contributed by atoms with Gasteiger partial charge in [0.25, 0.3) is 5.97 Å². The fourth-order valence-corrected chi connectivity index (χ4v) is 1.82. The van der Waals surface area contributed by atoms with E-state index >= 15 is 0 Å². The van der Waals surface area contributed by atoms with Crippen LogP contribution in [0.3, 0.4) is 0 Å². The molecule has 1 saturated heterocycles. The highest BCUT2D eigenvalue weighted by Crippen LogP contribution is 2.09. The lowest BCUT2D eigenvalue weighted by atomic mass is 10.2. The van der Waals surface area contributed by atoms with Gasteiger partial charge in [-0.1, -0.05) is 0 Å². The van der Waals surface area contributed by atoms with Gasteiger partial charge in [-0.2, -0.15) is 0 Å². The van der Waals surface area contributed by atoms with Crippen LogP contribution in [-0.2, 0) is 18.7 Å². The fourth-order valence-electron chi connectivity index (χ4n) is 1.17. The molecule has 0 aromatic carbocycles. The molecule has 1 aliphatic rings. The van der Waals surface area contributed by atoms with Crippen LogP contribution >= 0.6 is 0 Å². The van der Waals surface area contributed by atoms with Crippen LogP contribution < -0.4 is 0 Å². The van der Waals surface area contributed by atoms with Crippen molar-refractivity contribution in [1.82, 2.24) is 0 Å². The first-order valence-corrected chi connectivity index (χ1v) is 8.35. The lowest BCUT2D eigenvalue weighted by molar-refractivity contribution is -0.134. The summed E-state index contributed by atoms with van der Waals surface area (Å²) in [6.07, 6.45) is 2.63. The van der Waals surface area contributed by atoms with Gasteiger partial charge in [0, 0.05) is 13.0 Å². The van der Waals surface area contributed by atoms with E-state index in [0.29, 0.717) is 25.7 Å². The highest BCUT2D eigenvalue weighted by Gasteiger charge is 2.21. The summed E-state index contributed by atoms with van der Waals surface area (Å²) in [7, 11) is -1.20. The molecule has 1 atom stereocenters. The van der Waals surface area contributed by atoms with Crippen LogP contribution in [0.1, 0.15) is 19.3 Å². The second-order valence-corrected chi connectivity index (χ2v) is 6.36. The Morgan fingerprint density at radius 3 is 2.80 bits per heavy atom. The summed E-state index contributed by atoms with van der Waals surface area (Å²) in [6, 6.07) is 0. The Hall–Kier alpha value is -0.393. The third kappa shape index (κ3) is 7.53. The third-order valence-electron chi connectivity index (χ3n) is 1.99. The molecule has 0 N–H and O–H groups in total. The van der Waals surface area contributed by atoms with E-state index in [2.05, 4.69) is 0 Å². The van der Waals surface area contributed by atoms with Gasteiger partial charge in [0.2, 0.25) is 9.04 Å². The Morgan fingerprint density at radius 2 is 2.20 bits per heavy atom. The number of carbonyl (C=O) groups excluding carboxylic acids is 1. The molecule has 0 saturated carbocycles. The van der Waals surface area contributed by atoms with E-state index in [4.69, 9.17) is 13.9 Å². The molecule has 1 unspecified atom stereocenters. The summed E-state index contributed by atoms with van der Waals surface area (Å²) in [5.74, 6) is -0.0535. The summed E-state index contributed by atoms with van der Waals surface area (Å²) in [6.45, 7) is 6.24. The lowest BCUT2D eigenvalue weighted by Gasteiger charge is -2.07. The van der Waals surface area contributed by atoms with Gasteiger partial charge < -0.3 is 13.9 Å². The summed E-state index contributed by atoms with van der Waals surface area (Å²) >= 11 is 0. The van der Waals surface area contributed by atoms with Crippen LogP contribution in [0.5, 0.6) is 0 Å². The summed E-state index contributed by atoms with van der Waals surface area (Å²) < 4.78 is 15.5. The van der Waals surface area contributed by atoms with Crippen LogP contribution in [0.15, 0.2) is 0 Å². The molecule has 88 valence electrons. The fraction of sp³-hybridized carbons (Fsp3) is 0.900. The van der Waals surface area contributed by atoms with Gasteiger partial charge in [0.15, 0.2) is 0 Å². The molecular formula is C10H20O4Si. The van der Waals surface area contributed by atoms with Crippen LogP contribution in [0.4, 0.5) is 0 Å². The van der Waals surface area contributed by atoms with E-state index in [-0.39, 0.29) is 5.97 Å². The lowest BCUT2D eigenvalue weighted by Crippen LogP contribution is -2.14. The first-order valence-electron chi connectivity index (χ1n) is 5.57. The van der Waals surface area contributed by atoms with Crippen LogP contribution in [0, 0.1) is 0 Å². The van der Waals surface area contributed by atoms with Crippen molar-refractivity contribution in [3.8, 4) is 0 Å². The van der Waals surface area contributed by atoms with E-state index in [1.807, 2.05) is 13.1 Å². The number of hydrogen-bond acceptors (Lipinski definition) is 4.